The number of hydrogen-bond donors (Lipinski definition) is 0. The van der Waals surface area contributed by atoms with E-state index < -0.39 is 0 Å². The van der Waals surface area contributed by atoms with Crippen molar-refractivity contribution >= 4 is 5.91 Å². The van der Waals surface area contributed by atoms with Gasteiger partial charge in [0.15, 0.2) is 0 Å². The summed E-state index contributed by atoms with van der Waals surface area (Å²) in [4.78, 5) is 15.3. The average molecular weight is 414 g/mol. The standard InChI is InChI=1S/C27H27NO3/c29-26(25-14-8-7-13-24(25)21-9-3-1-4-10-21)28-17-15-27(16-18-28)19-23(20-30-27)31-22-11-5-2-6-12-22/h1-14,23H,15-20H2/t23-/m1/s1. The Morgan fingerprint density at radius 2 is 1.52 bits per heavy atom. The second-order valence-electron chi connectivity index (χ2n) is 8.45. The molecule has 3 aromatic carbocycles. The van der Waals surface area contributed by atoms with Gasteiger partial charge in [-0.25, -0.2) is 0 Å². The van der Waals surface area contributed by atoms with Gasteiger partial charge in [0.05, 0.1) is 12.2 Å². The van der Waals surface area contributed by atoms with Crippen LogP contribution >= 0.6 is 0 Å². The summed E-state index contributed by atoms with van der Waals surface area (Å²) in [7, 11) is 0. The van der Waals surface area contributed by atoms with E-state index in [0.717, 1.165) is 41.7 Å². The smallest absolute Gasteiger partial charge is 0.254 e. The number of carbonyl (C=O) groups excluding carboxylic acids is 1. The third-order valence-corrected chi connectivity index (χ3v) is 6.43. The second-order valence-corrected chi connectivity index (χ2v) is 8.45. The van der Waals surface area contributed by atoms with Crippen molar-refractivity contribution in [2.45, 2.75) is 31.0 Å². The Bertz CT molecular complexity index is 1030. The molecule has 0 aromatic heterocycles. The van der Waals surface area contributed by atoms with Gasteiger partial charge in [0.2, 0.25) is 0 Å². The molecule has 0 N–H and O–H groups in total. The van der Waals surface area contributed by atoms with Crippen LogP contribution < -0.4 is 4.74 Å². The molecule has 1 spiro atoms. The summed E-state index contributed by atoms with van der Waals surface area (Å²) in [5.41, 5.74) is 2.65. The molecule has 4 heteroatoms. The van der Waals surface area contributed by atoms with Crippen molar-refractivity contribution in [3.8, 4) is 16.9 Å². The number of ether oxygens (including phenoxy) is 2. The number of likely N-dealkylation sites (tertiary alicyclic amines) is 1. The molecule has 0 unspecified atom stereocenters. The van der Waals surface area contributed by atoms with Crippen molar-refractivity contribution in [3.63, 3.8) is 0 Å². The molecule has 1 atom stereocenters. The summed E-state index contributed by atoms with van der Waals surface area (Å²) >= 11 is 0. The number of amides is 1. The molecule has 2 heterocycles. The summed E-state index contributed by atoms with van der Waals surface area (Å²) in [6, 6.07) is 27.9. The van der Waals surface area contributed by atoms with Crippen molar-refractivity contribution in [2.75, 3.05) is 19.7 Å². The van der Waals surface area contributed by atoms with Crippen molar-refractivity contribution in [1.29, 1.82) is 0 Å². The number of nitrogens with zero attached hydrogens (tertiary/aromatic N) is 1. The monoisotopic (exact) mass is 413 g/mol. The van der Waals surface area contributed by atoms with Gasteiger partial charge in [-0.1, -0.05) is 66.7 Å². The topological polar surface area (TPSA) is 38.8 Å². The van der Waals surface area contributed by atoms with Gasteiger partial charge < -0.3 is 14.4 Å². The van der Waals surface area contributed by atoms with Gasteiger partial charge in [0, 0.05) is 25.1 Å². The zero-order valence-corrected chi connectivity index (χ0v) is 17.6. The Morgan fingerprint density at radius 1 is 0.871 bits per heavy atom. The van der Waals surface area contributed by atoms with Gasteiger partial charge in [-0.3, -0.25) is 4.79 Å². The highest BCUT2D eigenvalue weighted by Crippen LogP contribution is 2.38. The first kappa shape index (κ1) is 19.8. The minimum absolute atomic E-state index is 0.0726. The summed E-state index contributed by atoms with van der Waals surface area (Å²) in [6.07, 6.45) is 2.65. The van der Waals surface area contributed by atoms with Crippen molar-refractivity contribution in [1.82, 2.24) is 4.90 Å². The highest BCUT2D eigenvalue weighted by atomic mass is 16.6. The lowest BCUT2D eigenvalue weighted by Crippen LogP contribution is -2.46. The minimum Gasteiger partial charge on any atom is -0.488 e. The van der Waals surface area contributed by atoms with Crippen LogP contribution in [-0.2, 0) is 4.74 Å². The van der Waals surface area contributed by atoms with Crippen LogP contribution in [0, 0.1) is 0 Å². The maximum atomic E-state index is 13.4. The van der Waals surface area contributed by atoms with Crippen LogP contribution in [0.5, 0.6) is 5.75 Å². The first-order valence-corrected chi connectivity index (χ1v) is 11.0. The predicted molar refractivity (Wildman–Crippen MR) is 121 cm³/mol. The fourth-order valence-corrected chi connectivity index (χ4v) is 4.74. The maximum Gasteiger partial charge on any atom is 0.254 e. The highest BCUT2D eigenvalue weighted by Gasteiger charge is 2.44. The second kappa shape index (κ2) is 8.56. The van der Waals surface area contributed by atoms with Gasteiger partial charge in [-0.2, -0.15) is 0 Å². The zero-order valence-electron chi connectivity index (χ0n) is 17.6. The van der Waals surface area contributed by atoms with Gasteiger partial charge in [-0.15, -0.1) is 0 Å². The number of rotatable bonds is 4. The fraction of sp³-hybridized carbons (Fsp3) is 0.296. The maximum absolute atomic E-state index is 13.4. The molecule has 2 aliphatic rings. The van der Waals surface area contributed by atoms with Gasteiger partial charge in [0.1, 0.15) is 11.9 Å². The molecule has 0 radical (unpaired) electrons. The van der Waals surface area contributed by atoms with E-state index in [1.165, 1.54) is 0 Å². The van der Waals surface area contributed by atoms with E-state index in [1.807, 2.05) is 77.7 Å². The summed E-state index contributed by atoms with van der Waals surface area (Å²) in [6.45, 7) is 2.03. The summed E-state index contributed by atoms with van der Waals surface area (Å²) in [5.74, 6) is 0.989. The SMILES string of the molecule is O=C(c1ccccc1-c1ccccc1)N1CCC2(CC1)C[C@@H](Oc1ccccc1)CO2. The average Bonchev–Trinajstić information content (AvgIpc) is 3.22. The van der Waals surface area contributed by atoms with Gasteiger partial charge in [0.25, 0.3) is 5.91 Å². The van der Waals surface area contributed by atoms with Gasteiger partial charge in [-0.05, 0) is 42.2 Å². The molecule has 2 fully saturated rings. The highest BCUT2D eigenvalue weighted by molar-refractivity contribution is 6.00. The Kier molecular flexibility index (Phi) is 5.47. The summed E-state index contributed by atoms with van der Waals surface area (Å²) in [5, 5.41) is 0. The minimum atomic E-state index is -0.171. The third-order valence-electron chi connectivity index (χ3n) is 6.43. The van der Waals surface area contributed by atoms with E-state index in [0.29, 0.717) is 19.7 Å². The Hall–Kier alpha value is -3.11. The molecular formula is C27H27NO3. The zero-order chi connectivity index (χ0) is 21.1. The van der Waals surface area contributed by atoms with E-state index in [1.54, 1.807) is 0 Å². The van der Waals surface area contributed by atoms with Crippen molar-refractivity contribution in [2.24, 2.45) is 0 Å². The van der Waals surface area contributed by atoms with Crippen molar-refractivity contribution < 1.29 is 14.3 Å². The summed E-state index contributed by atoms with van der Waals surface area (Å²) < 4.78 is 12.3. The van der Waals surface area contributed by atoms with Crippen LogP contribution in [0.15, 0.2) is 84.9 Å². The number of para-hydroxylation sites is 1. The Balaban J connectivity index is 1.24. The molecule has 2 aliphatic heterocycles. The van der Waals surface area contributed by atoms with Crippen LogP contribution in [0.3, 0.4) is 0 Å². The van der Waals surface area contributed by atoms with Crippen LogP contribution in [0.25, 0.3) is 11.1 Å². The molecule has 4 nitrogen and oxygen atoms in total. The first-order chi connectivity index (χ1) is 15.2. The molecular weight excluding hydrogens is 386 g/mol. The quantitative estimate of drug-likeness (QED) is 0.590. The van der Waals surface area contributed by atoms with E-state index >= 15 is 0 Å². The molecule has 0 saturated carbocycles. The Labute approximate surface area is 183 Å². The lowest BCUT2D eigenvalue weighted by molar-refractivity contribution is -0.0395. The van der Waals surface area contributed by atoms with E-state index in [9.17, 15) is 4.79 Å². The lowest BCUT2D eigenvalue weighted by Gasteiger charge is -2.38. The van der Waals surface area contributed by atoms with Crippen LogP contribution in [0.1, 0.15) is 29.6 Å². The van der Waals surface area contributed by atoms with E-state index in [2.05, 4.69) is 12.1 Å². The molecule has 1 amide bonds. The van der Waals surface area contributed by atoms with Crippen LogP contribution in [0.2, 0.25) is 0 Å². The Morgan fingerprint density at radius 3 is 2.26 bits per heavy atom. The molecule has 3 aromatic rings. The molecule has 31 heavy (non-hydrogen) atoms. The fourth-order valence-electron chi connectivity index (χ4n) is 4.74. The van der Waals surface area contributed by atoms with Crippen molar-refractivity contribution in [3.05, 3.63) is 90.5 Å². The molecule has 158 valence electrons. The number of hydrogen-bond acceptors (Lipinski definition) is 3. The lowest BCUT2D eigenvalue weighted by atomic mass is 9.87. The molecule has 0 aliphatic carbocycles. The predicted octanol–water partition coefficient (Wildman–Crippen LogP) is 5.20. The van der Waals surface area contributed by atoms with E-state index in [-0.39, 0.29) is 17.6 Å². The largest absolute Gasteiger partial charge is 0.488 e. The number of piperidine rings is 1. The molecule has 0 bridgehead atoms. The normalized spacial score (nSPS) is 20.0. The van der Waals surface area contributed by atoms with Gasteiger partial charge >= 0.3 is 0 Å². The third kappa shape index (κ3) is 4.21. The molecule has 5 rings (SSSR count). The van der Waals surface area contributed by atoms with Crippen LogP contribution in [0.4, 0.5) is 0 Å². The van der Waals surface area contributed by atoms with Crippen LogP contribution in [-0.4, -0.2) is 42.2 Å². The van der Waals surface area contributed by atoms with E-state index in [4.69, 9.17) is 9.47 Å². The number of carbonyl (C=O) groups is 1. The first-order valence-electron chi connectivity index (χ1n) is 11.0. The molecule has 2 saturated heterocycles. The number of benzene rings is 3.